The molecule has 114 valence electrons. The second-order valence-corrected chi connectivity index (χ2v) is 6.45. The van der Waals surface area contributed by atoms with Crippen LogP contribution in [0.1, 0.15) is 25.6 Å². The number of halogens is 3. The molecule has 1 aromatic carbocycles. The molecule has 1 aliphatic rings. The van der Waals surface area contributed by atoms with Crippen LogP contribution in [-0.2, 0) is 16.7 Å². The molecule has 0 spiro atoms. The molecule has 1 fully saturated rings. The van der Waals surface area contributed by atoms with Crippen molar-refractivity contribution in [3.63, 3.8) is 0 Å². The van der Waals surface area contributed by atoms with E-state index in [-0.39, 0.29) is 10.6 Å². The van der Waals surface area contributed by atoms with Crippen LogP contribution in [0.3, 0.4) is 0 Å². The van der Waals surface area contributed by atoms with Crippen molar-refractivity contribution < 1.29 is 9.13 Å². The molecule has 0 aliphatic carbocycles. The topological polar surface area (TPSA) is 27.1 Å². The summed E-state index contributed by atoms with van der Waals surface area (Å²) in [5.41, 5.74) is 1.37. The molecular weight excluding hydrogens is 314 g/mol. The minimum Gasteiger partial charge on any atom is -0.381 e. The molecule has 0 bridgehead atoms. The molecule has 0 atom stereocenters. The summed E-state index contributed by atoms with van der Waals surface area (Å²) in [7, 11) is 0. The maximum atomic E-state index is 13.9. The first kappa shape index (κ1) is 15.1. The summed E-state index contributed by atoms with van der Waals surface area (Å²) in [6.07, 6.45) is 2.39. The Morgan fingerprint density at radius 2 is 2.10 bits per heavy atom. The molecule has 21 heavy (non-hydrogen) atoms. The molecule has 0 amide bonds. The number of ether oxygens (including phenoxy) is 1. The van der Waals surface area contributed by atoms with E-state index in [1.807, 2.05) is 0 Å². The third-order valence-corrected chi connectivity index (χ3v) is 4.67. The summed E-state index contributed by atoms with van der Waals surface area (Å²) in [6.45, 7) is 3.57. The van der Waals surface area contributed by atoms with E-state index in [4.69, 9.17) is 27.9 Å². The lowest BCUT2D eigenvalue weighted by Crippen LogP contribution is -2.37. The monoisotopic (exact) mass is 330 g/mol. The standard InChI is InChI=1S/C15H17Cl2FN2O/c1-15(3-6-21-7-4-15)20-13-9-11(18)10(17)8-12(13)19-14(20)2-5-16/h8-9H,2-7H2,1H3. The molecule has 0 radical (unpaired) electrons. The second kappa shape index (κ2) is 5.75. The van der Waals surface area contributed by atoms with Gasteiger partial charge in [0.25, 0.3) is 0 Å². The van der Waals surface area contributed by atoms with Crippen LogP contribution in [0, 0.1) is 5.82 Å². The average molecular weight is 331 g/mol. The summed E-state index contributed by atoms with van der Waals surface area (Å²) < 4.78 is 21.5. The second-order valence-electron chi connectivity index (χ2n) is 5.67. The van der Waals surface area contributed by atoms with Gasteiger partial charge in [0.05, 0.1) is 16.1 Å². The van der Waals surface area contributed by atoms with Gasteiger partial charge in [-0.2, -0.15) is 0 Å². The van der Waals surface area contributed by atoms with Crippen molar-refractivity contribution in [3.8, 4) is 0 Å². The molecule has 0 unspecified atom stereocenters. The Kier molecular flexibility index (Phi) is 4.12. The zero-order valence-corrected chi connectivity index (χ0v) is 13.3. The van der Waals surface area contributed by atoms with Crippen LogP contribution in [0.5, 0.6) is 0 Å². The normalized spacial score (nSPS) is 18.3. The molecule has 1 aromatic heterocycles. The van der Waals surface area contributed by atoms with E-state index < -0.39 is 5.82 Å². The number of aromatic nitrogens is 2. The third kappa shape index (κ3) is 2.65. The van der Waals surface area contributed by atoms with E-state index in [9.17, 15) is 4.39 Å². The fourth-order valence-corrected chi connectivity index (χ4v) is 3.34. The number of nitrogens with zero attached hydrogens (tertiary/aromatic N) is 2. The molecule has 6 heteroatoms. The molecule has 0 saturated carbocycles. The first-order valence-electron chi connectivity index (χ1n) is 7.06. The van der Waals surface area contributed by atoms with E-state index in [0.29, 0.717) is 31.0 Å². The molecule has 1 saturated heterocycles. The fraction of sp³-hybridized carbons (Fsp3) is 0.533. The lowest BCUT2D eigenvalue weighted by Gasteiger charge is -2.36. The number of rotatable bonds is 3. The summed E-state index contributed by atoms with van der Waals surface area (Å²) in [4.78, 5) is 4.61. The van der Waals surface area contributed by atoms with Gasteiger partial charge in [-0.1, -0.05) is 11.6 Å². The predicted octanol–water partition coefficient (Wildman–Crippen LogP) is 4.14. The van der Waals surface area contributed by atoms with E-state index in [0.717, 1.165) is 24.2 Å². The lowest BCUT2D eigenvalue weighted by atomic mass is 9.91. The van der Waals surface area contributed by atoms with Gasteiger partial charge in [0.15, 0.2) is 0 Å². The van der Waals surface area contributed by atoms with Gasteiger partial charge in [-0.25, -0.2) is 9.37 Å². The number of aryl methyl sites for hydroxylation is 1. The van der Waals surface area contributed by atoms with Crippen molar-refractivity contribution in [1.29, 1.82) is 0 Å². The number of fused-ring (bicyclic) bond motifs is 1. The highest BCUT2D eigenvalue weighted by atomic mass is 35.5. The van der Waals surface area contributed by atoms with Crippen molar-refractivity contribution >= 4 is 34.2 Å². The van der Waals surface area contributed by atoms with Gasteiger partial charge in [-0.15, -0.1) is 11.6 Å². The molecule has 2 aromatic rings. The minimum absolute atomic E-state index is 0.0988. The highest BCUT2D eigenvalue weighted by molar-refractivity contribution is 6.31. The highest BCUT2D eigenvalue weighted by Gasteiger charge is 2.33. The molecule has 3 nitrogen and oxygen atoms in total. The Morgan fingerprint density at radius 1 is 1.38 bits per heavy atom. The van der Waals surface area contributed by atoms with E-state index in [2.05, 4.69) is 16.5 Å². The Morgan fingerprint density at radius 3 is 2.76 bits per heavy atom. The van der Waals surface area contributed by atoms with Gasteiger partial charge in [0.1, 0.15) is 11.6 Å². The Labute approximate surface area is 133 Å². The minimum atomic E-state index is -0.418. The van der Waals surface area contributed by atoms with Crippen LogP contribution in [0.15, 0.2) is 12.1 Å². The number of imidazole rings is 1. The molecule has 3 rings (SSSR count). The predicted molar refractivity (Wildman–Crippen MR) is 82.8 cm³/mol. The first-order chi connectivity index (χ1) is 10.0. The summed E-state index contributed by atoms with van der Waals surface area (Å²) in [6, 6.07) is 3.06. The zero-order valence-electron chi connectivity index (χ0n) is 11.8. The third-order valence-electron chi connectivity index (χ3n) is 4.19. The van der Waals surface area contributed by atoms with E-state index in [1.165, 1.54) is 6.07 Å². The maximum Gasteiger partial charge on any atom is 0.144 e. The fourth-order valence-electron chi connectivity index (χ4n) is 3.01. The van der Waals surface area contributed by atoms with Crippen molar-refractivity contribution in [1.82, 2.24) is 9.55 Å². The Balaban J connectivity index is 2.22. The van der Waals surface area contributed by atoms with Crippen LogP contribution in [0.4, 0.5) is 4.39 Å². The molecule has 0 N–H and O–H groups in total. The highest BCUT2D eigenvalue weighted by Crippen LogP contribution is 2.35. The SMILES string of the molecule is CC1(n2c(CCCl)nc3cc(Cl)c(F)cc32)CCOCC1. The summed E-state index contributed by atoms with van der Waals surface area (Å²) >= 11 is 11.8. The summed E-state index contributed by atoms with van der Waals surface area (Å²) in [5.74, 6) is 0.941. The van der Waals surface area contributed by atoms with E-state index in [1.54, 1.807) is 6.07 Å². The number of hydrogen-bond donors (Lipinski definition) is 0. The number of benzene rings is 1. The first-order valence-corrected chi connectivity index (χ1v) is 7.97. The zero-order chi connectivity index (χ0) is 15.0. The van der Waals surface area contributed by atoms with Crippen molar-refractivity contribution in [2.75, 3.05) is 19.1 Å². The van der Waals surface area contributed by atoms with E-state index >= 15 is 0 Å². The van der Waals surface area contributed by atoms with Gasteiger partial charge in [0.2, 0.25) is 0 Å². The Bertz CT molecular complexity index is 665. The molecule has 1 aliphatic heterocycles. The van der Waals surface area contributed by atoms with Crippen molar-refractivity contribution in [2.45, 2.75) is 31.7 Å². The van der Waals surface area contributed by atoms with Crippen LogP contribution in [-0.4, -0.2) is 28.6 Å². The average Bonchev–Trinajstić information content (AvgIpc) is 2.78. The van der Waals surface area contributed by atoms with Crippen LogP contribution in [0.2, 0.25) is 5.02 Å². The van der Waals surface area contributed by atoms with Crippen LogP contribution < -0.4 is 0 Å². The van der Waals surface area contributed by atoms with Gasteiger partial charge in [0, 0.05) is 37.1 Å². The van der Waals surface area contributed by atoms with Crippen molar-refractivity contribution in [3.05, 3.63) is 28.8 Å². The quantitative estimate of drug-likeness (QED) is 0.791. The summed E-state index contributed by atoms with van der Waals surface area (Å²) in [5, 5.41) is 0.0988. The molecule has 2 heterocycles. The van der Waals surface area contributed by atoms with Gasteiger partial charge in [-0.05, 0) is 25.8 Å². The van der Waals surface area contributed by atoms with Crippen molar-refractivity contribution in [2.24, 2.45) is 0 Å². The number of alkyl halides is 1. The Hall–Kier alpha value is -0.840. The maximum absolute atomic E-state index is 13.9. The van der Waals surface area contributed by atoms with Gasteiger partial charge >= 0.3 is 0 Å². The lowest BCUT2D eigenvalue weighted by molar-refractivity contribution is 0.0301. The largest absolute Gasteiger partial charge is 0.381 e. The van der Waals surface area contributed by atoms with Crippen LogP contribution >= 0.6 is 23.2 Å². The number of hydrogen-bond acceptors (Lipinski definition) is 2. The van der Waals surface area contributed by atoms with Crippen LogP contribution in [0.25, 0.3) is 11.0 Å². The molecular formula is C15H17Cl2FN2O. The van der Waals surface area contributed by atoms with Gasteiger partial charge in [-0.3, -0.25) is 0 Å². The van der Waals surface area contributed by atoms with Gasteiger partial charge < -0.3 is 9.30 Å². The smallest absolute Gasteiger partial charge is 0.144 e.